The summed E-state index contributed by atoms with van der Waals surface area (Å²) in [5.41, 5.74) is 3.88. The summed E-state index contributed by atoms with van der Waals surface area (Å²) >= 11 is 0. The Bertz CT molecular complexity index is 1040. The van der Waals surface area contributed by atoms with Crippen LogP contribution in [-0.2, 0) is 22.6 Å². The van der Waals surface area contributed by atoms with Crippen molar-refractivity contribution in [2.24, 2.45) is 0 Å². The van der Waals surface area contributed by atoms with Crippen molar-refractivity contribution in [1.82, 2.24) is 25.1 Å². The van der Waals surface area contributed by atoms with Gasteiger partial charge in [0.05, 0.1) is 6.54 Å². The van der Waals surface area contributed by atoms with E-state index in [0.717, 1.165) is 23.2 Å². The average molecular weight is 421 g/mol. The van der Waals surface area contributed by atoms with E-state index in [1.54, 1.807) is 7.05 Å². The SMILES string of the molecule is CCc1ccccc1NC(=O)CN(C)C(=O)Cn1nnc(-c2ccc(C(C)C)cc2)n1. The van der Waals surface area contributed by atoms with E-state index >= 15 is 0 Å². The summed E-state index contributed by atoms with van der Waals surface area (Å²) in [5.74, 6) is 0.366. The van der Waals surface area contributed by atoms with E-state index in [9.17, 15) is 9.59 Å². The molecule has 1 heterocycles. The van der Waals surface area contributed by atoms with Crippen molar-refractivity contribution in [3.8, 4) is 11.4 Å². The molecule has 0 spiro atoms. The first-order valence-electron chi connectivity index (χ1n) is 10.4. The topological polar surface area (TPSA) is 93.0 Å². The molecule has 162 valence electrons. The summed E-state index contributed by atoms with van der Waals surface area (Å²) in [6.45, 7) is 6.14. The van der Waals surface area contributed by atoms with Crippen LogP contribution in [0.4, 0.5) is 5.69 Å². The van der Waals surface area contributed by atoms with Crippen LogP contribution in [0.15, 0.2) is 48.5 Å². The maximum Gasteiger partial charge on any atom is 0.246 e. The fourth-order valence-electron chi connectivity index (χ4n) is 3.13. The Kier molecular flexibility index (Phi) is 7.12. The lowest BCUT2D eigenvalue weighted by atomic mass is 10.0. The number of nitrogens with one attached hydrogen (secondary N) is 1. The molecule has 0 saturated carbocycles. The molecule has 0 aliphatic rings. The average Bonchev–Trinajstić information content (AvgIpc) is 3.22. The summed E-state index contributed by atoms with van der Waals surface area (Å²) in [4.78, 5) is 27.5. The minimum Gasteiger partial charge on any atom is -0.335 e. The van der Waals surface area contributed by atoms with Crippen LogP contribution >= 0.6 is 0 Å². The van der Waals surface area contributed by atoms with E-state index in [1.807, 2.05) is 55.5 Å². The van der Waals surface area contributed by atoms with Crippen LogP contribution in [0.5, 0.6) is 0 Å². The van der Waals surface area contributed by atoms with Crippen LogP contribution in [0.3, 0.4) is 0 Å². The zero-order valence-electron chi connectivity index (χ0n) is 18.4. The van der Waals surface area contributed by atoms with Gasteiger partial charge in [0.2, 0.25) is 17.6 Å². The van der Waals surface area contributed by atoms with E-state index in [1.165, 1.54) is 15.3 Å². The van der Waals surface area contributed by atoms with Gasteiger partial charge in [0.25, 0.3) is 0 Å². The summed E-state index contributed by atoms with van der Waals surface area (Å²) < 4.78 is 0. The van der Waals surface area contributed by atoms with Gasteiger partial charge in [-0.25, -0.2) is 0 Å². The first-order valence-corrected chi connectivity index (χ1v) is 10.4. The van der Waals surface area contributed by atoms with Crippen LogP contribution in [0.1, 0.15) is 37.8 Å². The normalized spacial score (nSPS) is 10.9. The van der Waals surface area contributed by atoms with Gasteiger partial charge < -0.3 is 10.2 Å². The Morgan fingerprint density at radius 1 is 1.10 bits per heavy atom. The largest absolute Gasteiger partial charge is 0.335 e. The highest BCUT2D eigenvalue weighted by atomic mass is 16.2. The molecule has 31 heavy (non-hydrogen) atoms. The van der Waals surface area contributed by atoms with Gasteiger partial charge in [-0.1, -0.05) is 63.2 Å². The highest BCUT2D eigenvalue weighted by Crippen LogP contribution is 2.19. The lowest BCUT2D eigenvalue weighted by Crippen LogP contribution is -2.37. The Balaban J connectivity index is 1.56. The van der Waals surface area contributed by atoms with Crippen LogP contribution in [0.25, 0.3) is 11.4 Å². The standard InChI is InChI=1S/C23H28N6O2/c1-5-17-8-6-7-9-20(17)24-21(30)14-28(4)22(31)15-29-26-23(25-27-29)19-12-10-18(11-13-19)16(2)3/h6-13,16H,5,14-15H2,1-4H3,(H,24,30). The molecule has 3 aromatic rings. The zero-order valence-corrected chi connectivity index (χ0v) is 18.4. The summed E-state index contributed by atoms with van der Waals surface area (Å²) in [5, 5.41) is 15.2. The predicted octanol–water partition coefficient (Wildman–Crippen LogP) is 3.12. The Hall–Kier alpha value is -3.55. The van der Waals surface area contributed by atoms with Crippen molar-refractivity contribution in [3.05, 3.63) is 59.7 Å². The van der Waals surface area contributed by atoms with Gasteiger partial charge in [0.1, 0.15) is 6.54 Å². The highest BCUT2D eigenvalue weighted by molar-refractivity contribution is 5.95. The quantitative estimate of drug-likeness (QED) is 0.604. The minimum absolute atomic E-state index is 0.0604. The number of likely N-dealkylation sites (N-methyl/N-ethyl adjacent to an activating group) is 1. The van der Waals surface area contributed by atoms with E-state index in [4.69, 9.17) is 0 Å². The van der Waals surface area contributed by atoms with Crippen LogP contribution in [-0.4, -0.2) is 50.5 Å². The first kappa shape index (κ1) is 22.1. The van der Waals surface area contributed by atoms with Crippen molar-refractivity contribution in [2.45, 2.75) is 39.7 Å². The molecule has 3 rings (SSSR count). The number of aryl methyl sites for hydroxylation is 1. The number of benzene rings is 2. The van der Waals surface area contributed by atoms with Crippen LogP contribution in [0, 0.1) is 0 Å². The lowest BCUT2D eigenvalue weighted by Gasteiger charge is -2.17. The first-order chi connectivity index (χ1) is 14.9. The second-order valence-corrected chi connectivity index (χ2v) is 7.73. The number of carbonyl (C=O) groups excluding carboxylic acids is 2. The molecule has 0 atom stereocenters. The zero-order chi connectivity index (χ0) is 22.4. The number of hydrogen-bond donors (Lipinski definition) is 1. The van der Waals surface area contributed by atoms with Crippen molar-refractivity contribution in [1.29, 1.82) is 0 Å². The molecule has 0 radical (unpaired) electrons. The van der Waals surface area contributed by atoms with Crippen molar-refractivity contribution in [3.63, 3.8) is 0 Å². The molecule has 0 aliphatic carbocycles. The molecule has 1 N–H and O–H groups in total. The van der Waals surface area contributed by atoms with Gasteiger partial charge in [-0.3, -0.25) is 9.59 Å². The second kappa shape index (κ2) is 9.97. The molecule has 0 saturated heterocycles. The van der Waals surface area contributed by atoms with Gasteiger partial charge in [-0.05, 0) is 34.7 Å². The molecule has 0 aliphatic heterocycles. The maximum atomic E-state index is 12.5. The van der Waals surface area contributed by atoms with Gasteiger partial charge in [0, 0.05) is 18.3 Å². The molecule has 2 aromatic carbocycles. The van der Waals surface area contributed by atoms with E-state index in [-0.39, 0.29) is 24.9 Å². The Morgan fingerprint density at radius 2 is 1.81 bits per heavy atom. The summed E-state index contributed by atoms with van der Waals surface area (Å²) in [7, 11) is 1.58. The number of tetrazole rings is 1. The smallest absolute Gasteiger partial charge is 0.246 e. The van der Waals surface area contributed by atoms with Gasteiger partial charge in [-0.2, -0.15) is 4.80 Å². The predicted molar refractivity (Wildman–Crippen MR) is 119 cm³/mol. The van der Waals surface area contributed by atoms with Crippen molar-refractivity contribution >= 4 is 17.5 Å². The fourth-order valence-corrected chi connectivity index (χ4v) is 3.13. The van der Waals surface area contributed by atoms with Gasteiger partial charge in [0.15, 0.2) is 0 Å². The molecule has 2 amide bonds. The third-order valence-corrected chi connectivity index (χ3v) is 5.04. The van der Waals surface area contributed by atoms with Gasteiger partial charge >= 0.3 is 0 Å². The summed E-state index contributed by atoms with van der Waals surface area (Å²) in [6.07, 6.45) is 0.811. The van der Waals surface area contributed by atoms with Gasteiger partial charge in [-0.15, -0.1) is 10.2 Å². The Labute approximate surface area is 182 Å². The number of amides is 2. The number of aromatic nitrogens is 4. The lowest BCUT2D eigenvalue weighted by molar-refractivity contribution is -0.134. The molecule has 0 bridgehead atoms. The monoisotopic (exact) mass is 420 g/mol. The number of anilines is 1. The second-order valence-electron chi connectivity index (χ2n) is 7.73. The molecule has 0 fully saturated rings. The number of rotatable bonds is 8. The maximum absolute atomic E-state index is 12.5. The molecule has 8 heteroatoms. The highest BCUT2D eigenvalue weighted by Gasteiger charge is 2.16. The molecule has 1 aromatic heterocycles. The molecule has 8 nitrogen and oxygen atoms in total. The molecule has 0 unspecified atom stereocenters. The van der Waals surface area contributed by atoms with E-state index in [0.29, 0.717) is 11.7 Å². The summed E-state index contributed by atoms with van der Waals surface area (Å²) in [6, 6.07) is 15.6. The molecular formula is C23H28N6O2. The minimum atomic E-state index is -0.280. The van der Waals surface area contributed by atoms with Crippen molar-refractivity contribution in [2.75, 3.05) is 18.9 Å². The number of nitrogens with zero attached hydrogens (tertiary/aromatic N) is 5. The number of hydrogen-bond acceptors (Lipinski definition) is 5. The molecular weight excluding hydrogens is 392 g/mol. The van der Waals surface area contributed by atoms with E-state index in [2.05, 4.69) is 34.6 Å². The van der Waals surface area contributed by atoms with E-state index < -0.39 is 0 Å². The van der Waals surface area contributed by atoms with Crippen molar-refractivity contribution < 1.29 is 9.59 Å². The van der Waals surface area contributed by atoms with Crippen LogP contribution in [0.2, 0.25) is 0 Å². The third-order valence-electron chi connectivity index (χ3n) is 5.04. The number of para-hydroxylation sites is 1. The van der Waals surface area contributed by atoms with Crippen LogP contribution < -0.4 is 5.32 Å². The third kappa shape index (κ3) is 5.75. The number of carbonyl (C=O) groups is 2. The Morgan fingerprint density at radius 3 is 2.48 bits per heavy atom. The fraction of sp³-hybridized carbons (Fsp3) is 0.348.